The first-order valence-corrected chi connectivity index (χ1v) is 31.4. The predicted molar refractivity (Wildman–Crippen MR) is 390 cm³/mol. The standard InChI is InChI=1S/C84H64N8/c1-3-20-74-58(2)85-82-52-49-71(55-77(74)82)90(65-37-33-63(34-38-65)88(59-21-8-4-9-22-59)60-23-10-5-11-24-60)67-41-43-69(44-42-67)92(73-51-54-84-79(57-73)76-30-17-19-32-81(76)87-84)70-47-45-68(46-48-70)91(72-50-53-83-78(56-72)75-29-16-18-31-80(75)86-83)66-39-35-64(36-40-66)89(61-25-12-6-13-26-61)62-27-14-7-15-28-62/h3-57,85-87H,1-2H3/b20-3-. The highest BCUT2D eigenvalue weighted by molar-refractivity contribution is 6.10. The minimum atomic E-state index is 1.02. The molecule has 8 heteroatoms. The number of rotatable bonds is 16. The quantitative estimate of drug-likeness (QED) is 0.0900. The predicted octanol–water partition coefficient (Wildman–Crippen LogP) is 24.1. The van der Waals surface area contributed by atoms with Crippen LogP contribution in [0.2, 0.25) is 0 Å². The van der Waals surface area contributed by atoms with Crippen LogP contribution in [0.25, 0.3) is 60.6 Å². The molecule has 92 heavy (non-hydrogen) atoms. The Morgan fingerprint density at radius 3 is 0.750 bits per heavy atom. The topological polar surface area (TPSA) is 63.6 Å². The number of hydrogen-bond acceptors (Lipinski definition) is 5. The number of para-hydroxylation sites is 6. The second kappa shape index (κ2) is 23.7. The average molecular weight is 1190 g/mol. The first-order chi connectivity index (χ1) is 45.5. The van der Waals surface area contributed by atoms with Gasteiger partial charge in [0.05, 0.1) is 0 Å². The first kappa shape index (κ1) is 55.1. The number of aromatic nitrogens is 3. The van der Waals surface area contributed by atoms with E-state index < -0.39 is 0 Å². The van der Waals surface area contributed by atoms with E-state index in [1.54, 1.807) is 0 Å². The van der Waals surface area contributed by atoms with Gasteiger partial charge in [-0.1, -0.05) is 121 Å². The van der Waals surface area contributed by atoms with Gasteiger partial charge in [-0.05, 0) is 226 Å². The van der Waals surface area contributed by atoms with Gasteiger partial charge in [-0.15, -0.1) is 0 Å². The summed E-state index contributed by atoms with van der Waals surface area (Å²) in [5.41, 5.74) is 23.6. The largest absolute Gasteiger partial charge is 0.358 e. The SMILES string of the molecule is C/C=C\c1c(C)[nH]c2ccc(N(c3ccc(N(c4ccccc4)c4ccccc4)cc3)c3ccc(N(c4ccc(N(c5ccc(N(c6ccccc6)c6ccccc6)cc5)c5ccc6[nH]c7ccccc7c6c5)cc4)c4ccc5[nH]c6ccccc6c5c4)cc3)cc12. The van der Waals surface area contributed by atoms with Gasteiger partial charge >= 0.3 is 0 Å². The Balaban J connectivity index is 0.815. The highest BCUT2D eigenvalue weighted by atomic mass is 15.2. The summed E-state index contributed by atoms with van der Waals surface area (Å²) in [6, 6.07) is 116. The zero-order valence-electron chi connectivity index (χ0n) is 51.0. The average Bonchev–Trinajstić information content (AvgIpc) is 1.50. The summed E-state index contributed by atoms with van der Waals surface area (Å²) >= 11 is 0. The van der Waals surface area contributed by atoms with Crippen molar-refractivity contribution in [3.63, 3.8) is 0 Å². The van der Waals surface area contributed by atoms with Crippen molar-refractivity contribution in [2.75, 3.05) is 24.5 Å². The highest BCUT2D eigenvalue weighted by Gasteiger charge is 2.23. The summed E-state index contributed by atoms with van der Waals surface area (Å²) in [6.45, 7) is 4.23. The van der Waals surface area contributed by atoms with Crippen molar-refractivity contribution in [1.82, 2.24) is 15.0 Å². The zero-order chi connectivity index (χ0) is 61.5. The van der Waals surface area contributed by atoms with Gasteiger partial charge in [0.25, 0.3) is 0 Å². The fourth-order valence-electron chi connectivity index (χ4n) is 13.4. The normalized spacial score (nSPS) is 11.5. The summed E-state index contributed by atoms with van der Waals surface area (Å²) < 4.78 is 0. The molecular weight excluding hydrogens is 1120 g/mol. The van der Waals surface area contributed by atoms with Crippen LogP contribution in [0.1, 0.15) is 18.2 Å². The van der Waals surface area contributed by atoms with E-state index in [-0.39, 0.29) is 0 Å². The zero-order valence-corrected chi connectivity index (χ0v) is 51.0. The fourth-order valence-corrected chi connectivity index (χ4v) is 13.4. The molecule has 0 spiro atoms. The first-order valence-electron chi connectivity index (χ1n) is 31.4. The van der Waals surface area contributed by atoms with Crippen molar-refractivity contribution >= 4 is 146 Å². The number of nitrogens with zero attached hydrogens (tertiary/aromatic N) is 5. The van der Waals surface area contributed by atoms with Crippen molar-refractivity contribution in [3.05, 3.63) is 339 Å². The maximum Gasteiger partial charge on any atom is 0.0469 e. The number of nitrogens with one attached hydrogen (secondary N) is 3. The summed E-state index contributed by atoms with van der Waals surface area (Å²) in [7, 11) is 0. The second-order valence-electron chi connectivity index (χ2n) is 23.3. The van der Waals surface area contributed by atoms with E-state index in [1.807, 2.05) is 0 Å². The van der Waals surface area contributed by atoms with Crippen LogP contribution >= 0.6 is 0 Å². The molecule has 440 valence electrons. The maximum absolute atomic E-state index is 3.68. The lowest BCUT2D eigenvalue weighted by Gasteiger charge is -2.30. The van der Waals surface area contributed by atoms with Gasteiger partial charge < -0.3 is 39.5 Å². The van der Waals surface area contributed by atoms with Crippen molar-refractivity contribution in [1.29, 1.82) is 0 Å². The van der Waals surface area contributed by atoms with Crippen LogP contribution in [0.15, 0.2) is 328 Å². The van der Waals surface area contributed by atoms with Crippen molar-refractivity contribution in [2.24, 2.45) is 0 Å². The van der Waals surface area contributed by atoms with Crippen LogP contribution in [0.5, 0.6) is 0 Å². The van der Waals surface area contributed by atoms with E-state index >= 15 is 0 Å². The van der Waals surface area contributed by atoms with Gasteiger partial charge in [0.2, 0.25) is 0 Å². The highest BCUT2D eigenvalue weighted by Crippen LogP contribution is 2.46. The molecule has 13 aromatic carbocycles. The third-order valence-electron chi connectivity index (χ3n) is 17.6. The smallest absolute Gasteiger partial charge is 0.0469 e. The van der Waals surface area contributed by atoms with E-state index in [2.05, 4.69) is 387 Å². The Morgan fingerprint density at radius 2 is 0.446 bits per heavy atom. The lowest BCUT2D eigenvalue weighted by molar-refractivity contribution is 1.24. The number of aryl methyl sites for hydroxylation is 1. The second-order valence-corrected chi connectivity index (χ2v) is 23.3. The Kier molecular flexibility index (Phi) is 14.2. The fraction of sp³-hybridized carbons (Fsp3) is 0.0238. The van der Waals surface area contributed by atoms with Crippen LogP contribution in [-0.4, -0.2) is 15.0 Å². The molecule has 0 atom stereocenters. The molecule has 0 aliphatic heterocycles. The number of benzene rings is 13. The summed E-state index contributed by atoms with van der Waals surface area (Å²) in [5.74, 6) is 0. The molecule has 0 unspecified atom stereocenters. The van der Waals surface area contributed by atoms with Crippen LogP contribution in [0, 0.1) is 6.92 Å². The number of hydrogen-bond donors (Lipinski definition) is 3. The molecule has 3 aromatic heterocycles. The Morgan fingerprint density at radius 1 is 0.217 bits per heavy atom. The van der Waals surface area contributed by atoms with Crippen molar-refractivity contribution in [3.8, 4) is 0 Å². The third-order valence-corrected chi connectivity index (χ3v) is 17.6. The molecule has 0 aliphatic rings. The van der Waals surface area contributed by atoms with E-state index in [0.29, 0.717) is 0 Å². The van der Waals surface area contributed by atoms with Gasteiger partial charge in [-0.3, -0.25) is 0 Å². The van der Waals surface area contributed by atoms with E-state index in [4.69, 9.17) is 0 Å². The molecule has 0 bridgehead atoms. The van der Waals surface area contributed by atoms with Gasteiger partial charge in [-0.25, -0.2) is 0 Å². The third kappa shape index (κ3) is 10.2. The van der Waals surface area contributed by atoms with Crippen LogP contribution in [0.3, 0.4) is 0 Å². The minimum Gasteiger partial charge on any atom is -0.358 e. The van der Waals surface area contributed by atoms with E-state index in [0.717, 1.165) is 124 Å². The maximum atomic E-state index is 3.68. The van der Waals surface area contributed by atoms with Gasteiger partial charge in [0.1, 0.15) is 0 Å². The Labute approximate surface area is 535 Å². The number of allylic oxidation sites excluding steroid dienone is 1. The van der Waals surface area contributed by atoms with Crippen LogP contribution in [-0.2, 0) is 0 Å². The lowest BCUT2D eigenvalue weighted by atomic mass is 10.1. The Hall–Kier alpha value is -12.3. The number of H-pyrrole nitrogens is 3. The molecule has 8 nitrogen and oxygen atoms in total. The van der Waals surface area contributed by atoms with Gasteiger partial charge in [0.15, 0.2) is 0 Å². The molecule has 3 N–H and O–H groups in total. The van der Waals surface area contributed by atoms with Crippen LogP contribution < -0.4 is 24.5 Å². The molecule has 0 amide bonds. The molecule has 16 rings (SSSR count). The molecule has 0 radical (unpaired) electrons. The van der Waals surface area contributed by atoms with E-state index in [1.165, 1.54) is 27.1 Å². The summed E-state index contributed by atoms with van der Waals surface area (Å²) in [4.78, 5) is 22.7. The molecule has 16 aromatic rings. The van der Waals surface area contributed by atoms with Crippen molar-refractivity contribution in [2.45, 2.75) is 13.8 Å². The molecular formula is C84H64N8. The molecule has 0 fully saturated rings. The van der Waals surface area contributed by atoms with Gasteiger partial charge in [-0.2, -0.15) is 0 Å². The Bertz CT molecular complexity index is 5210. The van der Waals surface area contributed by atoms with Crippen LogP contribution in [0.4, 0.5) is 85.3 Å². The molecule has 0 saturated carbocycles. The van der Waals surface area contributed by atoms with Gasteiger partial charge in [0, 0.05) is 151 Å². The number of fused-ring (bicyclic) bond motifs is 7. The number of anilines is 15. The molecule has 3 heterocycles. The lowest BCUT2D eigenvalue weighted by Crippen LogP contribution is -2.14. The minimum absolute atomic E-state index is 1.02. The number of aromatic amines is 3. The summed E-state index contributed by atoms with van der Waals surface area (Å²) in [6.07, 6.45) is 4.32. The summed E-state index contributed by atoms with van der Waals surface area (Å²) in [5, 5.41) is 5.88. The van der Waals surface area contributed by atoms with E-state index in [9.17, 15) is 0 Å². The molecule has 0 aliphatic carbocycles. The molecule has 0 saturated heterocycles. The monoisotopic (exact) mass is 1180 g/mol. The van der Waals surface area contributed by atoms with Crippen molar-refractivity contribution < 1.29 is 0 Å².